The largest absolute Gasteiger partial charge is 0.462 e. The molecule has 7 atom stereocenters. The molecule has 4 nitrogen and oxygen atoms in total. The van der Waals surface area contributed by atoms with Gasteiger partial charge in [0.05, 0.1) is 6.42 Å². The van der Waals surface area contributed by atoms with Crippen molar-refractivity contribution in [1.82, 2.24) is 4.90 Å². The van der Waals surface area contributed by atoms with E-state index in [-0.39, 0.29) is 28.8 Å². The van der Waals surface area contributed by atoms with E-state index in [1.165, 1.54) is 32.1 Å². The third-order valence-corrected chi connectivity index (χ3v) is 10.7. The van der Waals surface area contributed by atoms with Gasteiger partial charge < -0.3 is 9.64 Å². The number of carbonyl (C=O) groups is 2. The van der Waals surface area contributed by atoms with Gasteiger partial charge in [-0.3, -0.25) is 9.59 Å². The minimum absolute atomic E-state index is 0.00514. The third kappa shape index (κ3) is 3.79. The van der Waals surface area contributed by atoms with Crippen LogP contribution in [0.5, 0.6) is 0 Å². The van der Waals surface area contributed by atoms with Gasteiger partial charge in [-0.1, -0.05) is 25.5 Å². The van der Waals surface area contributed by atoms with E-state index < -0.39 is 0 Å². The Morgan fingerprint density at radius 3 is 2.59 bits per heavy atom. The summed E-state index contributed by atoms with van der Waals surface area (Å²) in [6, 6.07) is 0. The second-order valence-electron chi connectivity index (χ2n) is 12.2. The van der Waals surface area contributed by atoms with E-state index in [1.54, 1.807) is 5.57 Å². The van der Waals surface area contributed by atoms with Crippen molar-refractivity contribution in [3.05, 3.63) is 11.6 Å². The van der Waals surface area contributed by atoms with Crippen LogP contribution in [0.3, 0.4) is 0 Å². The van der Waals surface area contributed by atoms with Crippen molar-refractivity contribution in [2.45, 2.75) is 97.5 Å². The molecule has 178 valence electrons. The van der Waals surface area contributed by atoms with Gasteiger partial charge in [0.15, 0.2) is 0 Å². The average molecular weight is 442 g/mol. The summed E-state index contributed by atoms with van der Waals surface area (Å²) in [5.74, 6) is 2.85. The van der Waals surface area contributed by atoms with Gasteiger partial charge in [-0.05, 0) is 106 Å². The van der Waals surface area contributed by atoms with E-state index in [0.717, 1.165) is 63.6 Å². The van der Waals surface area contributed by atoms with Crippen LogP contribution in [-0.4, -0.2) is 42.4 Å². The minimum Gasteiger partial charge on any atom is -0.462 e. The van der Waals surface area contributed by atoms with Crippen LogP contribution in [0.4, 0.5) is 0 Å². The summed E-state index contributed by atoms with van der Waals surface area (Å²) in [7, 11) is 0. The predicted octanol–water partition coefficient (Wildman–Crippen LogP) is 5.55. The molecule has 0 N–H and O–H groups in total. The van der Waals surface area contributed by atoms with Crippen molar-refractivity contribution in [3.8, 4) is 0 Å². The number of nitrogens with zero attached hydrogens (tertiary/aromatic N) is 1. The Balaban J connectivity index is 1.23. The van der Waals surface area contributed by atoms with E-state index in [2.05, 4.69) is 24.8 Å². The zero-order valence-electron chi connectivity index (χ0n) is 20.5. The van der Waals surface area contributed by atoms with E-state index in [4.69, 9.17) is 4.74 Å². The molecular formula is C28H43NO3. The van der Waals surface area contributed by atoms with Crippen LogP contribution in [0.2, 0.25) is 0 Å². The number of fused-ring (bicyclic) bond motifs is 5. The summed E-state index contributed by atoms with van der Waals surface area (Å²) in [6.07, 6.45) is 14.7. The molecule has 4 heteroatoms. The molecule has 1 saturated heterocycles. The summed E-state index contributed by atoms with van der Waals surface area (Å²) in [4.78, 5) is 27.2. The fourth-order valence-corrected chi connectivity index (χ4v) is 8.90. The highest BCUT2D eigenvalue weighted by Gasteiger charge is 2.59. The molecule has 0 bridgehead atoms. The lowest BCUT2D eigenvalue weighted by Gasteiger charge is -2.58. The number of hydrogen-bond donors (Lipinski definition) is 0. The van der Waals surface area contributed by atoms with Crippen LogP contribution in [0.1, 0.15) is 91.4 Å². The van der Waals surface area contributed by atoms with Gasteiger partial charge in [0.1, 0.15) is 11.9 Å². The number of esters is 1. The number of ether oxygens (including phenoxy) is 1. The number of hydrogen-bond acceptors (Lipinski definition) is 4. The first-order chi connectivity index (χ1) is 15.3. The maximum atomic E-state index is 12.5. The minimum atomic E-state index is -0.00514. The molecule has 4 aliphatic carbocycles. The first kappa shape index (κ1) is 22.6. The normalized spacial score (nSPS) is 43.7. The van der Waals surface area contributed by atoms with Crippen LogP contribution in [-0.2, 0) is 14.3 Å². The fourth-order valence-electron chi connectivity index (χ4n) is 8.90. The Morgan fingerprint density at radius 1 is 1.06 bits per heavy atom. The summed E-state index contributed by atoms with van der Waals surface area (Å²) in [6.45, 7) is 9.87. The van der Waals surface area contributed by atoms with Crippen LogP contribution in [0.25, 0.3) is 0 Å². The molecule has 1 aliphatic heterocycles. The lowest BCUT2D eigenvalue weighted by molar-refractivity contribution is -0.152. The summed E-state index contributed by atoms with van der Waals surface area (Å²) >= 11 is 0. The molecule has 4 fully saturated rings. The Morgan fingerprint density at radius 2 is 1.84 bits per heavy atom. The molecule has 1 heterocycles. The highest BCUT2D eigenvalue weighted by molar-refractivity contribution is 5.79. The Hall–Kier alpha value is -1.16. The zero-order chi connectivity index (χ0) is 22.5. The third-order valence-electron chi connectivity index (χ3n) is 10.7. The molecule has 0 amide bonds. The van der Waals surface area contributed by atoms with E-state index in [9.17, 15) is 9.59 Å². The van der Waals surface area contributed by atoms with Crippen molar-refractivity contribution in [2.75, 3.05) is 19.6 Å². The maximum absolute atomic E-state index is 12.5. The molecule has 3 saturated carbocycles. The quantitative estimate of drug-likeness (QED) is 0.414. The molecule has 32 heavy (non-hydrogen) atoms. The summed E-state index contributed by atoms with van der Waals surface area (Å²) in [5.41, 5.74) is 2.04. The second kappa shape index (κ2) is 8.56. The van der Waals surface area contributed by atoms with Crippen molar-refractivity contribution in [1.29, 1.82) is 0 Å². The Labute approximate surface area is 194 Å². The van der Waals surface area contributed by atoms with E-state index >= 15 is 0 Å². The molecule has 0 aromatic heterocycles. The molecule has 0 aromatic carbocycles. The van der Waals surface area contributed by atoms with Crippen LogP contribution >= 0.6 is 0 Å². The molecule has 5 rings (SSSR count). The second-order valence-corrected chi connectivity index (χ2v) is 12.2. The van der Waals surface area contributed by atoms with Gasteiger partial charge in [-0.15, -0.1) is 0 Å². The molecule has 5 aliphatic rings. The van der Waals surface area contributed by atoms with Gasteiger partial charge in [0.25, 0.3) is 0 Å². The van der Waals surface area contributed by atoms with Crippen molar-refractivity contribution in [3.63, 3.8) is 0 Å². The number of likely N-dealkylation sites (tertiary alicyclic amines) is 1. The monoisotopic (exact) mass is 441 g/mol. The van der Waals surface area contributed by atoms with Gasteiger partial charge in [0.2, 0.25) is 0 Å². The lowest BCUT2D eigenvalue weighted by atomic mass is 9.47. The number of ketones is 1. The van der Waals surface area contributed by atoms with Crippen molar-refractivity contribution < 1.29 is 14.3 Å². The maximum Gasteiger partial charge on any atom is 0.307 e. The SMILES string of the molecule is CC(=O)[C@H]1CC[C@H]2[C@@H]3CC=C4C[C@@H](OC(=O)CCN5CCCC5)CC[C@]4(C)[C@H]3CC[C@]12C. The summed E-state index contributed by atoms with van der Waals surface area (Å²) < 4.78 is 5.96. The number of rotatable bonds is 5. The lowest BCUT2D eigenvalue weighted by Crippen LogP contribution is -2.51. The average Bonchev–Trinajstić information content (AvgIpc) is 3.39. The standard InChI is InChI=1S/C28H43NO3/c1-19(30)23-8-9-24-22-7-6-20-18-21(32-26(31)12-17-29-15-4-5-16-29)10-13-27(20,2)25(22)11-14-28(23,24)3/h6,21-25H,4-5,7-18H2,1-3H3/t21-,22-,23+,24-,25-,27-,28+/m0/s1. The van der Waals surface area contributed by atoms with E-state index in [1.807, 2.05) is 6.92 Å². The number of Topliss-reactive ketones (excluding diaryl/α,β-unsaturated/α-hetero) is 1. The van der Waals surface area contributed by atoms with Gasteiger partial charge in [-0.2, -0.15) is 0 Å². The smallest absolute Gasteiger partial charge is 0.307 e. The van der Waals surface area contributed by atoms with Gasteiger partial charge in [0, 0.05) is 18.9 Å². The van der Waals surface area contributed by atoms with Gasteiger partial charge >= 0.3 is 5.97 Å². The Kier molecular flexibility index (Phi) is 6.05. The topological polar surface area (TPSA) is 46.6 Å². The first-order valence-corrected chi connectivity index (χ1v) is 13.4. The molecule has 0 unspecified atom stereocenters. The molecule has 0 radical (unpaired) electrons. The fraction of sp³-hybridized carbons (Fsp3) is 0.857. The van der Waals surface area contributed by atoms with Crippen molar-refractivity contribution >= 4 is 11.8 Å². The Bertz CT molecular complexity index is 784. The van der Waals surface area contributed by atoms with Crippen LogP contribution in [0, 0.1) is 34.5 Å². The molecule has 0 aromatic rings. The molecule has 0 spiro atoms. The number of allylic oxidation sites excluding steroid dienone is 1. The first-order valence-electron chi connectivity index (χ1n) is 13.4. The van der Waals surface area contributed by atoms with Crippen molar-refractivity contribution in [2.24, 2.45) is 34.5 Å². The zero-order valence-corrected chi connectivity index (χ0v) is 20.5. The van der Waals surface area contributed by atoms with Crippen LogP contribution in [0.15, 0.2) is 11.6 Å². The number of carbonyl (C=O) groups excluding carboxylic acids is 2. The van der Waals surface area contributed by atoms with Gasteiger partial charge in [-0.25, -0.2) is 0 Å². The highest BCUT2D eigenvalue weighted by Crippen LogP contribution is 2.66. The summed E-state index contributed by atoms with van der Waals surface area (Å²) in [5, 5.41) is 0. The molecular weight excluding hydrogens is 398 g/mol. The van der Waals surface area contributed by atoms with Crippen LogP contribution < -0.4 is 0 Å². The van der Waals surface area contributed by atoms with E-state index in [0.29, 0.717) is 18.1 Å². The highest BCUT2D eigenvalue weighted by atomic mass is 16.5. The predicted molar refractivity (Wildman–Crippen MR) is 126 cm³/mol.